The van der Waals surface area contributed by atoms with E-state index in [1.165, 1.54) is 70.6 Å². The normalized spacial score (nSPS) is 15.5. The van der Waals surface area contributed by atoms with Crippen molar-refractivity contribution in [2.24, 2.45) is 0 Å². The number of allylic oxidation sites excluding steroid dienone is 4. The van der Waals surface area contributed by atoms with Gasteiger partial charge in [0.15, 0.2) is 0 Å². The summed E-state index contributed by atoms with van der Waals surface area (Å²) in [5, 5.41) is 0. The first-order valence-electron chi connectivity index (χ1n) is 19.8. The number of unbranched alkanes of at least 4 members (excludes halogenated alkanes) is 20. The van der Waals surface area contributed by atoms with Crippen molar-refractivity contribution in [3.63, 3.8) is 0 Å². The van der Waals surface area contributed by atoms with Crippen molar-refractivity contribution in [2.75, 3.05) is 12.4 Å². The lowest BCUT2D eigenvalue weighted by molar-refractivity contribution is -0.157. The van der Waals surface area contributed by atoms with E-state index < -0.39 is 30.4 Å². The predicted molar refractivity (Wildman–Crippen MR) is 181 cm³/mol. The van der Waals surface area contributed by atoms with Crippen LogP contribution in [0.25, 0.3) is 0 Å². The van der Waals surface area contributed by atoms with Crippen LogP contribution in [0.15, 0.2) is 24.3 Å². The molecule has 0 fully saturated rings. The number of rotatable bonds is 32. The van der Waals surface area contributed by atoms with Crippen LogP contribution in [0.1, 0.15) is 188 Å². The summed E-state index contributed by atoms with van der Waals surface area (Å²) in [6, 6.07) is 0. The maximum absolute atomic E-state index is 12.5. The number of esters is 2. The highest BCUT2D eigenvalue weighted by molar-refractivity contribution is 6.18. The lowest BCUT2D eigenvalue weighted by Crippen LogP contribution is -2.26. The Bertz CT molecular complexity index is 847. The zero-order valence-electron chi connectivity index (χ0n) is 32.2. The third kappa shape index (κ3) is 31.6. The van der Waals surface area contributed by atoms with Crippen LogP contribution < -0.4 is 0 Å². The molecule has 0 saturated heterocycles. The van der Waals surface area contributed by atoms with E-state index in [1.807, 2.05) is 0 Å². The van der Waals surface area contributed by atoms with Gasteiger partial charge in [-0.3, -0.25) is 9.59 Å². The molecule has 1 unspecified atom stereocenters. The zero-order chi connectivity index (χ0) is 35.3. The number of ether oxygens (including phenoxy) is 2. The molecule has 4 nitrogen and oxygen atoms in total. The average Bonchev–Trinajstić information content (AvgIpc) is 3.00. The van der Waals surface area contributed by atoms with Crippen molar-refractivity contribution in [3.8, 4) is 0 Å². The van der Waals surface area contributed by atoms with Crippen molar-refractivity contribution >= 4 is 23.5 Å². The van der Waals surface area contributed by atoms with Crippen molar-refractivity contribution < 1.29 is 25.9 Å². The number of alkyl halides is 1. The summed E-state index contributed by atoms with van der Waals surface area (Å²) in [7, 11) is 0. The van der Waals surface area contributed by atoms with Gasteiger partial charge in [-0.05, 0) is 44.9 Å². The largest absolute Gasteiger partial charge is 0.462 e. The lowest BCUT2D eigenvalue weighted by Gasteiger charge is -2.15. The molecular weight excluding hydrogens is 544 g/mol. The Labute approximate surface area is 272 Å². The maximum atomic E-state index is 12.5. The molecule has 0 spiro atoms. The van der Waals surface area contributed by atoms with Gasteiger partial charge < -0.3 is 9.47 Å². The molecule has 246 valence electrons. The smallest absolute Gasteiger partial charge is 0.306 e. The predicted octanol–water partition coefficient (Wildman–Crippen LogP) is 12.0. The molecule has 0 radical (unpaired) electrons. The topological polar surface area (TPSA) is 52.6 Å². The van der Waals surface area contributed by atoms with Crippen LogP contribution in [0.4, 0.5) is 0 Å². The number of hydrogen-bond acceptors (Lipinski definition) is 4. The van der Waals surface area contributed by atoms with Gasteiger partial charge in [0.2, 0.25) is 0 Å². The van der Waals surface area contributed by atoms with Gasteiger partial charge in [-0.15, -0.1) is 11.6 Å². The third-order valence-electron chi connectivity index (χ3n) is 7.38. The van der Waals surface area contributed by atoms with Crippen molar-refractivity contribution in [2.45, 2.75) is 187 Å². The molecule has 0 aliphatic carbocycles. The first-order valence-corrected chi connectivity index (χ1v) is 17.7. The molecule has 5 heteroatoms. The van der Waals surface area contributed by atoms with Crippen molar-refractivity contribution in [3.05, 3.63) is 24.3 Å². The molecule has 0 aliphatic rings. The van der Waals surface area contributed by atoms with Gasteiger partial charge in [0, 0.05) is 15.6 Å². The molecule has 0 rings (SSSR count). The van der Waals surface area contributed by atoms with E-state index in [0.717, 1.165) is 70.6 Å². The fourth-order valence-electron chi connectivity index (χ4n) is 4.75. The van der Waals surface area contributed by atoms with E-state index in [4.69, 9.17) is 27.9 Å². The second-order valence-electron chi connectivity index (χ2n) is 11.4. The minimum Gasteiger partial charge on any atom is -0.462 e. The quantitative estimate of drug-likeness (QED) is 0.0327. The Morgan fingerprint density at radius 2 is 1.02 bits per heavy atom. The molecule has 0 saturated carbocycles. The van der Waals surface area contributed by atoms with Crippen molar-refractivity contribution in [1.29, 1.82) is 0 Å². The van der Waals surface area contributed by atoms with Gasteiger partial charge >= 0.3 is 11.9 Å². The monoisotopic (exact) mass is 616 g/mol. The summed E-state index contributed by atoms with van der Waals surface area (Å²) in [6.07, 6.45) is 31.3. The van der Waals surface area contributed by atoms with Crippen LogP contribution in [0.5, 0.6) is 0 Å². The van der Waals surface area contributed by atoms with E-state index in [9.17, 15) is 9.59 Å². The fraction of sp³-hybridized carbons (Fsp3) is 0.838. The highest BCUT2D eigenvalue weighted by Gasteiger charge is 2.16. The van der Waals surface area contributed by atoms with Gasteiger partial charge in [0.1, 0.15) is 12.6 Å². The molecule has 0 aromatic rings. The summed E-state index contributed by atoms with van der Waals surface area (Å²) >= 11 is 5.71. The highest BCUT2D eigenvalue weighted by Crippen LogP contribution is 2.14. The van der Waals surface area contributed by atoms with E-state index in [-0.39, 0.29) is 12.8 Å². The Morgan fingerprint density at radius 3 is 1.52 bits per heavy atom. The van der Waals surface area contributed by atoms with E-state index in [0.29, 0.717) is 12.8 Å². The fourth-order valence-corrected chi connectivity index (χ4v) is 4.82. The maximum Gasteiger partial charge on any atom is 0.306 e. The van der Waals surface area contributed by atoms with Crippen molar-refractivity contribution in [1.82, 2.24) is 0 Å². The molecule has 0 aliphatic heterocycles. The molecule has 0 amide bonds. The van der Waals surface area contributed by atoms with Crippen LogP contribution in [0, 0.1) is 0 Å². The number of hydrogen-bond donors (Lipinski definition) is 0. The van der Waals surface area contributed by atoms with Gasteiger partial charge in [0.25, 0.3) is 0 Å². The molecule has 0 bridgehead atoms. The summed E-state index contributed by atoms with van der Waals surface area (Å²) in [5.41, 5.74) is 0. The molecule has 0 aromatic heterocycles. The molecule has 0 aromatic carbocycles. The van der Waals surface area contributed by atoms with Gasteiger partial charge in [-0.2, -0.15) is 0 Å². The Kier molecular flexibility index (Phi) is 26.2. The number of carbonyl (C=O) groups excluding carboxylic acids is 2. The Hall–Kier alpha value is -1.29. The second-order valence-corrected chi connectivity index (χ2v) is 11.6. The summed E-state index contributed by atoms with van der Waals surface area (Å²) < 4.78 is 50.1. The summed E-state index contributed by atoms with van der Waals surface area (Å²) in [6.45, 7) is 1.16. The standard InChI is InChI=1S/C37H67ClO4/c1-3-5-7-9-11-13-15-17-18-20-22-24-26-28-30-32-37(40)42-35(33-38)34-41-36(39)31-29-27-25-23-21-19-16-14-12-10-8-6-4-2/h11,13,17-18,35H,3-10,12,14-16,19-34H2,1-2H3/b13-11+,18-17+/i33D2,34D2,35D. The highest BCUT2D eigenvalue weighted by atomic mass is 35.5. The van der Waals surface area contributed by atoms with Gasteiger partial charge in [0.05, 0.1) is 9.94 Å². The summed E-state index contributed by atoms with van der Waals surface area (Å²) in [5.74, 6) is -5.01. The first-order chi connectivity index (χ1) is 22.4. The van der Waals surface area contributed by atoms with E-state index in [2.05, 4.69) is 38.2 Å². The Morgan fingerprint density at radius 1 is 0.619 bits per heavy atom. The van der Waals surface area contributed by atoms with E-state index in [1.54, 1.807) is 0 Å². The second kappa shape index (κ2) is 34.2. The Balaban J connectivity index is 4.27. The zero-order valence-corrected chi connectivity index (χ0v) is 28.0. The molecule has 0 heterocycles. The van der Waals surface area contributed by atoms with Gasteiger partial charge in [-0.1, -0.05) is 147 Å². The first kappa shape index (κ1) is 32.1. The summed E-state index contributed by atoms with van der Waals surface area (Å²) in [4.78, 5) is 24.9. The minimum atomic E-state index is -3.28. The number of carbonyl (C=O) groups is 2. The molecular formula is C37H67ClO4. The van der Waals surface area contributed by atoms with Crippen LogP contribution in [0.3, 0.4) is 0 Å². The molecule has 1 atom stereocenters. The SMILES string of the molecule is [2H]C([2H])(Cl)C([2H])(OC(=O)CCCCCCC/C=C/C/C=C/CCCCC)C([2H])([2H])OC(=O)CCCCCCCCCCCCCCC. The van der Waals surface area contributed by atoms with Crippen LogP contribution in [-0.2, 0) is 19.1 Å². The van der Waals surface area contributed by atoms with Crippen LogP contribution in [0.2, 0.25) is 0 Å². The third-order valence-corrected chi connectivity index (χ3v) is 7.55. The van der Waals surface area contributed by atoms with Crippen LogP contribution in [-0.4, -0.2) is 30.4 Å². The van der Waals surface area contributed by atoms with Gasteiger partial charge in [-0.25, -0.2) is 0 Å². The number of halogens is 1. The molecule has 42 heavy (non-hydrogen) atoms. The van der Waals surface area contributed by atoms with E-state index >= 15 is 0 Å². The average molecular weight is 616 g/mol. The molecule has 0 N–H and O–H groups in total. The lowest BCUT2D eigenvalue weighted by atomic mass is 10.0. The van der Waals surface area contributed by atoms with Crippen LogP contribution >= 0.6 is 11.6 Å². The minimum absolute atomic E-state index is 0.0709.